The lowest BCUT2D eigenvalue weighted by Crippen LogP contribution is -2.44. The molecule has 1 amide bonds. The molecule has 0 bridgehead atoms. The Hall–Kier alpha value is -4.39. The second-order valence-corrected chi connectivity index (χ2v) is 9.49. The van der Waals surface area contributed by atoms with Crippen LogP contribution in [0.2, 0.25) is 0 Å². The molecule has 7 nitrogen and oxygen atoms in total. The van der Waals surface area contributed by atoms with Crippen molar-refractivity contribution >= 4 is 23.0 Å². The van der Waals surface area contributed by atoms with Gasteiger partial charge in [-0.15, -0.1) is 0 Å². The van der Waals surface area contributed by atoms with E-state index in [1.54, 1.807) is 13.0 Å². The van der Waals surface area contributed by atoms with Gasteiger partial charge in [-0.1, -0.05) is 60.7 Å². The van der Waals surface area contributed by atoms with Crippen molar-refractivity contribution in [3.8, 4) is 5.75 Å². The van der Waals surface area contributed by atoms with E-state index in [0.29, 0.717) is 11.1 Å². The number of esters is 1. The summed E-state index contributed by atoms with van der Waals surface area (Å²) < 4.78 is 16.8. The van der Waals surface area contributed by atoms with Gasteiger partial charge in [-0.2, -0.15) is 0 Å². The second-order valence-electron chi connectivity index (χ2n) is 9.49. The average molecular weight is 512 g/mol. The molecule has 0 saturated carbocycles. The van der Waals surface area contributed by atoms with Crippen LogP contribution in [0.4, 0.5) is 4.79 Å². The minimum Gasteiger partial charge on any atom is -0.445 e. The maximum atomic E-state index is 13.3. The summed E-state index contributed by atoms with van der Waals surface area (Å²) in [5.74, 6) is -0.368. The van der Waals surface area contributed by atoms with Crippen LogP contribution in [0.25, 0.3) is 11.0 Å². The van der Waals surface area contributed by atoms with Crippen molar-refractivity contribution in [2.75, 3.05) is 0 Å². The van der Waals surface area contributed by atoms with E-state index in [1.165, 1.54) is 0 Å². The van der Waals surface area contributed by atoms with Crippen molar-refractivity contribution in [2.45, 2.75) is 51.7 Å². The first-order chi connectivity index (χ1) is 18.5. The number of rotatable bonds is 7. The Morgan fingerprint density at radius 2 is 1.55 bits per heavy atom. The van der Waals surface area contributed by atoms with Crippen molar-refractivity contribution in [3.05, 3.63) is 111 Å². The molecule has 0 fully saturated rings. The lowest BCUT2D eigenvalue weighted by atomic mass is 9.90. The van der Waals surface area contributed by atoms with E-state index < -0.39 is 18.1 Å². The van der Waals surface area contributed by atoms with Crippen LogP contribution in [0, 0.1) is 6.92 Å². The van der Waals surface area contributed by atoms with Gasteiger partial charge in [0.25, 0.3) is 0 Å². The van der Waals surface area contributed by atoms with Gasteiger partial charge in [0.2, 0.25) is 0 Å². The third kappa shape index (κ3) is 5.62. The summed E-state index contributed by atoms with van der Waals surface area (Å²) in [5, 5.41) is 3.53. The van der Waals surface area contributed by atoms with E-state index in [9.17, 15) is 14.4 Å². The molecule has 5 rings (SSSR count). The molecule has 38 heavy (non-hydrogen) atoms. The fourth-order valence-electron chi connectivity index (χ4n) is 4.87. The average Bonchev–Trinajstić information content (AvgIpc) is 2.94. The molecule has 1 N–H and O–H groups in total. The number of benzene rings is 3. The molecule has 0 radical (unpaired) electrons. The van der Waals surface area contributed by atoms with Gasteiger partial charge in [-0.05, 0) is 61.4 Å². The molecular formula is C31H29NO6. The van der Waals surface area contributed by atoms with Gasteiger partial charge in [0.05, 0.1) is 0 Å². The third-order valence-corrected chi connectivity index (χ3v) is 6.87. The van der Waals surface area contributed by atoms with E-state index in [-0.39, 0.29) is 24.4 Å². The van der Waals surface area contributed by atoms with E-state index in [2.05, 4.69) is 5.32 Å². The summed E-state index contributed by atoms with van der Waals surface area (Å²) >= 11 is 0. The molecule has 0 saturated heterocycles. The lowest BCUT2D eigenvalue weighted by molar-refractivity contribution is -0.136. The number of aryl methyl sites for hydroxylation is 2. The summed E-state index contributed by atoms with van der Waals surface area (Å²) in [6, 6.07) is 21.2. The number of ether oxygens (including phenoxy) is 2. The third-order valence-electron chi connectivity index (χ3n) is 6.87. The molecule has 1 aliphatic rings. The minimum absolute atomic E-state index is 0.0763. The molecule has 1 atom stereocenters. The fraction of sp³-hybridized carbons (Fsp3) is 0.258. The molecule has 194 valence electrons. The lowest BCUT2D eigenvalue weighted by Gasteiger charge is -2.20. The zero-order valence-corrected chi connectivity index (χ0v) is 21.2. The van der Waals surface area contributed by atoms with Crippen molar-refractivity contribution in [1.29, 1.82) is 0 Å². The van der Waals surface area contributed by atoms with Gasteiger partial charge in [-0.25, -0.2) is 14.4 Å². The molecule has 1 aromatic heterocycles. The van der Waals surface area contributed by atoms with Gasteiger partial charge in [0.1, 0.15) is 24.0 Å². The van der Waals surface area contributed by atoms with Crippen LogP contribution in [0.15, 0.2) is 82.0 Å². The van der Waals surface area contributed by atoms with E-state index >= 15 is 0 Å². The zero-order chi connectivity index (χ0) is 26.5. The summed E-state index contributed by atoms with van der Waals surface area (Å²) in [6.07, 6.45) is 3.03. The number of alkyl carbamates (subject to hydrolysis) is 1. The highest BCUT2D eigenvalue weighted by Gasteiger charge is 2.26. The van der Waals surface area contributed by atoms with Gasteiger partial charge >= 0.3 is 17.7 Å². The number of fused-ring (bicyclic) bond motifs is 3. The van der Waals surface area contributed by atoms with Gasteiger partial charge in [-0.3, -0.25) is 0 Å². The molecule has 4 aromatic rings. The topological polar surface area (TPSA) is 94.8 Å². The second kappa shape index (κ2) is 11.3. The van der Waals surface area contributed by atoms with E-state index in [4.69, 9.17) is 13.9 Å². The predicted molar refractivity (Wildman–Crippen MR) is 143 cm³/mol. The Morgan fingerprint density at radius 3 is 2.26 bits per heavy atom. The number of carbonyl (C=O) groups is 2. The van der Waals surface area contributed by atoms with Gasteiger partial charge in [0.15, 0.2) is 0 Å². The first-order valence-electron chi connectivity index (χ1n) is 12.8. The summed E-state index contributed by atoms with van der Waals surface area (Å²) in [5.41, 5.74) is 4.11. The van der Waals surface area contributed by atoms with Crippen molar-refractivity contribution in [3.63, 3.8) is 0 Å². The smallest absolute Gasteiger partial charge is 0.408 e. The molecule has 3 aromatic carbocycles. The van der Waals surface area contributed by atoms with Crippen molar-refractivity contribution in [2.24, 2.45) is 0 Å². The molecule has 0 unspecified atom stereocenters. The number of nitrogens with one attached hydrogen (secondary N) is 1. The monoisotopic (exact) mass is 511 g/mol. The SMILES string of the molecule is Cc1c(OC(=O)[C@H](Cc2ccccc2)NC(=O)OCc2ccccc2)ccc2c3c(c(=O)oc12)CCCC3. The van der Waals surface area contributed by atoms with Crippen molar-refractivity contribution in [1.82, 2.24) is 5.32 Å². The highest BCUT2D eigenvalue weighted by molar-refractivity contribution is 5.88. The Morgan fingerprint density at radius 1 is 0.895 bits per heavy atom. The van der Waals surface area contributed by atoms with Crippen LogP contribution in [0.1, 0.15) is 40.7 Å². The normalized spacial score (nSPS) is 13.4. The fourth-order valence-corrected chi connectivity index (χ4v) is 4.87. The highest BCUT2D eigenvalue weighted by Crippen LogP contribution is 2.32. The Bertz CT molecular complexity index is 1510. The van der Waals surface area contributed by atoms with Gasteiger partial charge < -0.3 is 19.2 Å². The standard InChI is InChI=1S/C31H29NO6/c1-20-27(17-16-24-23-14-8-9-15-25(23)29(33)38-28(20)24)37-30(34)26(18-21-10-4-2-5-11-21)32-31(35)36-19-22-12-6-3-7-13-22/h2-7,10-13,16-17,26H,8-9,14-15,18-19H2,1H3,(H,32,35)/t26-/m0/s1. The zero-order valence-electron chi connectivity index (χ0n) is 21.2. The Labute approximate surface area is 220 Å². The Kier molecular flexibility index (Phi) is 7.54. The number of amides is 1. The number of carbonyl (C=O) groups excluding carboxylic acids is 2. The summed E-state index contributed by atoms with van der Waals surface area (Å²) in [4.78, 5) is 38.6. The van der Waals surface area contributed by atoms with Crippen LogP contribution >= 0.6 is 0 Å². The molecule has 1 heterocycles. The first kappa shape index (κ1) is 25.3. The Balaban J connectivity index is 1.37. The largest absolute Gasteiger partial charge is 0.445 e. The molecule has 1 aliphatic carbocycles. The first-order valence-corrected chi connectivity index (χ1v) is 12.8. The maximum Gasteiger partial charge on any atom is 0.408 e. The minimum atomic E-state index is -0.994. The molecular weight excluding hydrogens is 482 g/mol. The highest BCUT2D eigenvalue weighted by atomic mass is 16.6. The van der Waals surface area contributed by atoms with E-state index in [1.807, 2.05) is 66.7 Å². The van der Waals surface area contributed by atoms with Gasteiger partial charge in [0, 0.05) is 22.9 Å². The summed E-state index contributed by atoms with van der Waals surface area (Å²) in [6.45, 7) is 1.84. The van der Waals surface area contributed by atoms with Crippen molar-refractivity contribution < 1.29 is 23.5 Å². The number of hydrogen-bond acceptors (Lipinski definition) is 6. The van der Waals surface area contributed by atoms with Crippen LogP contribution in [0.3, 0.4) is 0 Å². The van der Waals surface area contributed by atoms with E-state index in [0.717, 1.165) is 53.3 Å². The van der Waals surface area contributed by atoms with Crippen LogP contribution in [-0.4, -0.2) is 18.1 Å². The molecule has 0 spiro atoms. The summed E-state index contributed by atoms with van der Waals surface area (Å²) in [7, 11) is 0. The maximum absolute atomic E-state index is 13.3. The van der Waals surface area contributed by atoms with Crippen LogP contribution in [0.5, 0.6) is 5.75 Å². The molecule has 0 aliphatic heterocycles. The predicted octanol–water partition coefficient (Wildman–Crippen LogP) is 5.42. The van der Waals surface area contributed by atoms with Crippen LogP contribution in [-0.2, 0) is 35.4 Å². The quantitative estimate of drug-likeness (QED) is 0.202. The van der Waals surface area contributed by atoms with Crippen LogP contribution < -0.4 is 15.7 Å². The molecule has 7 heteroatoms. The number of hydrogen-bond donors (Lipinski definition) is 1.